The van der Waals surface area contributed by atoms with Gasteiger partial charge in [-0.1, -0.05) is 17.7 Å². The Balaban J connectivity index is 1.94. The molecule has 0 aliphatic rings. The van der Waals surface area contributed by atoms with Gasteiger partial charge in [-0.15, -0.1) is 8.42 Å². The SMILES string of the molecule is Cc1ccc(S(=O)(=O)[OH+]S(c2ccc(OC(C)(C)C)cc2)(c2cccnc2)c2cccnc2)cc1. The van der Waals surface area contributed by atoms with Crippen LogP contribution in [0.15, 0.2) is 117 Å². The maximum absolute atomic E-state index is 13.7. The van der Waals surface area contributed by atoms with Gasteiger partial charge in [-0.2, -0.15) is 0 Å². The molecular weight excluding hydrogens is 480 g/mol. The highest BCUT2D eigenvalue weighted by atomic mass is 32.3. The second-order valence-corrected chi connectivity index (χ2v) is 13.6. The predicted molar refractivity (Wildman–Crippen MR) is 139 cm³/mol. The van der Waals surface area contributed by atoms with Gasteiger partial charge in [0.05, 0.1) is 25.0 Å². The molecule has 0 fully saturated rings. The zero-order chi connectivity index (χ0) is 25.1. The zero-order valence-electron chi connectivity index (χ0n) is 20.1. The molecule has 0 amide bonds. The molecule has 35 heavy (non-hydrogen) atoms. The van der Waals surface area contributed by atoms with Gasteiger partial charge in [0.15, 0.2) is 0 Å². The van der Waals surface area contributed by atoms with Crippen molar-refractivity contribution in [1.82, 2.24) is 9.97 Å². The van der Waals surface area contributed by atoms with E-state index in [0.29, 0.717) is 15.5 Å². The van der Waals surface area contributed by atoms with Crippen LogP contribution in [0.4, 0.5) is 0 Å². The fourth-order valence-electron chi connectivity index (χ4n) is 3.54. The van der Waals surface area contributed by atoms with Gasteiger partial charge >= 0.3 is 10.1 Å². The molecule has 0 aliphatic carbocycles. The molecule has 4 rings (SSSR count). The minimum atomic E-state index is -4.04. The van der Waals surface area contributed by atoms with Gasteiger partial charge in [-0.25, -0.2) is 0 Å². The highest BCUT2D eigenvalue weighted by Crippen LogP contribution is 2.68. The summed E-state index contributed by atoms with van der Waals surface area (Å²) in [6.07, 6.45) is 6.67. The van der Waals surface area contributed by atoms with Crippen LogP contribution < -0.4 is 4.74 Å². The lowest BCUT2D eigenvalue weighted by Crippen LogP contribution is -2.23. The van der Waals surface area contributed by atoms with Crippen LogP contribution in [-0.4, -0.2) is 27.6 Å². The second kappa shape index (κ2) is 9.81. The van der Waals surface area contributed by atoms with E-state index in [9.17, 15) is 8.42 Å². The van der Waals surface area contributed by atoms with Gasteiger partial charge in [0, 0.05) is 24.8 Å². The number of nitrogens with zero attached hydrogens (tertiary/aromatic N) is 2. The van der Waals surface area contributed by atoms with Crippen molar-refractivity contribution >= 4 is 20.4 Å². The summed E-state index contributed by atoms with van der Waals surface area (Å²) in [5.74, 6) is 0.688. The first kappa shape index (κ1) is 24.9. The van der Waals surface area contributed by atoms with Crippen LogP contribution in [0.5, 0.6) is 5.75 Å². The van der Waals surface area contributed by atoms with Crippen LogP contribution in [0, 0.1) is 6.92 Å². The second-order valence-electron chi connectivity index (χ2n) is 9.01. The summed E-state index contributed by atoms with van der Waals surface area (Å²) in [5.41, 5.74) is 0.605. The van der Waals surface area contributed by atoms with E-state index < -0.39 is 20.4 Å². The molecule has 6 nitrogen and oxygen atoms in total. The van der Waals surface area contributed by atoms with Gasteiger partial charge in [-0.3, -0.25) is 13.6 Å². The van der Waals surface area contributed by atoms with Crippen molar-refractivity contribution in [2.24, 2.45) is 0 Å². The first-order valence-electron chi connectivity index (χ1n) is 11.1. The molecule has 0 radical (unpaired) electrons. The van der Waals surface area contributed by atoms with Crippen molar-refractivity contribution < 1.29 is 16.8 Å². The Labute approximate surface area is 208 Å². The predicted octanol–water partition coefficient (Wildman–Crippen LogP) is 6.64. The number of hydrogen-bond donors (Lipinski definition) is 0. The summed E-state index contributed by atoms with van der Waals surface area (Å²) >= 11 is 0. The standard InChI is InChI=1S/C27H28N2O4S2/c1-21-9-13-24(14-10-21)35(30,31)33-34(25-7-5-17-28-19-25,26-8-6-18-29-20-26)23-15-11-22(12-16-23)32-27(2,3)4/h5-20H,1-4H3/p+1. The number of hydrogen-bond acceptors (Lipinski definition) is 5. The minimum absolute atomic E-state index is 0.139. The molecule has 0 spiro atoms. The van der Waals surface area contributed by atoms with E-state index in [2.05, 4.69) is 13.6 Å². The van der Waals surface area contributed by atoms with E-state index in [4.69, 9.17) is 4.74 Å². The molecule has 0 atom stereocenters. The Morgan fingerprint density at radius 2 is 1.23 bits per heavy atom. The fourth-order valence-corrected chi connectivity index (χ4v) is 8.90. The maximum Gasteiger partial charge on any atom is 0.422 e. The summed E-state index contributed by atoms with van der Waals surface area (Å²) in [6.45, 7) is 7.84. The number of rotatable bonds is 7. The van der Waals surface area contributed by atoms with Crippen LogP contribution in [0.3, 0.4) is 0 Å². The first-order chi connectivity index (χ1) is 16.6. The Hall–Kier alpha value is -3.20. The quantitative estimate of drug-likeness (QED) is 0.206. The number of aryl methyl sites for hydroxylation is 1. The van der Waals surface area contributed by atoms with Crippen molar-refractivity contribution in [3.8, 4) is 5.75 Å². The summed E-state index contributed by atoms with van der Waals surface area (Å²) in [6, 6.07) is 21.5. The van der Waals surface area contributed by atoms with Crippen molar-refractivity contribution in [3.63, 3.8) is 0 Å². The average Bonchev–Trinajstić information content (AvgIpc) is 2.83. The van der Waals surface area contributed by atoms with E-state index in [1.165, 1.54) is 0 Å². The van der Waals surface area contributed by atoms with E-state index in [0.717, 1.165) is 10.5 Å². The van der Waals surface area contributed by atoms with Gasteiger partial charge in [0.25, 0.3) is 0 Å². The van der Waals surface area contributed by atoms with Crippen molar-refractivity contribution in [2.75, 3.05) is 0 Å². The molecule has 2 aromatic carbocycles. The Morgan fingerprint density at radius 1 is 0.714 bits per heavy atom. The number of benzene rings is 2. The molecule has 0 saturated carbocycles. The van der Waals surface area contributed by atoms with Crippen LogP contribution in [0.25, 0.3) is 0 Å². The monoisotopic (exact) mass is 509 g/mol. The lowest BCUT2D eigenvalue weighted by molar-refractivity contribution is 0.131. The van der Waals surface area contributed by atoms with E-state index in [-0.39, 0.29) is 10.5 Å². The minimum Gasteiger partial charge on any atom is -0.488 e. The molecule has 2 heterocycles. The van der Waals surface area contributed by atoms with E-state index in [1.54, 1.807) is 61.2 Å². The third-order valence-electron chi connectivity index (χ3n) is 5.07. The summed E-state index contributed by atoms with van der Waals surface area (Å²) < 4.78 is 38.1. The fraction of sp³-hybridized carbons (Fsp3) is 0.185. The molecule has 1 N–H and O–H groups in total. The van der Waals surface area contributed by atoms with E-state index >= 15 is 0 Å². The van der Waals surface area contributed by atoms with Crippen LogP contribution >= 0.6 is 10.3 Å². The summed E-state index contributed by atoms with van der Waals surface area (Å²) in [7, 11) is -6.70. The number of ether oxygens (including phenoxy) is 1. The number of aromatic nitrogens is 2. The summed E-state index contributed by atoms with van der Waals surface area (Å²) in [4.78, 5) is 10.9. The van der Waals surface area contributed by atoms with Gasteiger partial charge in [-0.05, 0) is 88.4 Å². The van der Waals surface area contributed by atoms with Crippen molar-refractivity contribution in [1.29, 1.82) is 0 Å². The molecule has 4 aromatic rings. The van der Waals surface area contributed by atoms with Crippen molar-refractivity contribution in [3.05, 3.63) is 103 Å². The topological polar surface area (TPSA) is 82.0 Å². The van der Waals surface area contributed by atoms with Crippen LogP contribution in [-0.2, 0) is 10.1 Å². The molecule has 0 aliphatic heterocycles. The van der Waals surface area contributed by atoms with Gasteiger partial charge in [0.1, 0.15) is 16.2 Å². The molecule has 182 valence electrons. The highest BCUT2D eigenvalue weighted by molar-refractivity contribution is 8.32. The van der Waals surface area contributed by atoms with Crippen LogP contribution in [0.2, 0.25) is 0 Å². The lowest BCUT2D eigenvalue weighted by atomic mass is 10.2. The third-order valence-corrected chi connectivity index (χ3v) is 10.4. The zero-order valence-corrected chi connectivity index (χ0v) is 21.8. The van der Waals surface area contributed by atoms with Crippen molar-refractivity contribution in [2.45, 2.75) is 52.9 Å². The van der Waals surface area contributed by atoms with Gasteiger partial charge < -0.3 is 4.74 Å². The maximum atomic E-state index is 13.7. The smallest absolute Gasteiger partial charge is 0.422 e. The molecule has 0 saturated heterocycles. The Kier molecular flexibility index (Phi) is 6.98. The average molecular weight is 510 g/mol. The molecule has 8 heteroatoms. The Morgan fingerprint density at radius 3 is 1.69 bits per heavy atom. The third kappa shape index (κ3) is 5.56. The number of pyridine rings is 2. The molecular formula is C27H29N2O4S2+. The molecule has 0 bridgehead atoms. The van der Waals surface area contributed by atoms with Gasteiger partial charge in [0.2, 0.25) is 0 Å². The molecule has 2 aromatic heterocycles. The molecule has 0 unspecified atom stereocenters. The summed E-state index contributed by atoms with van der Waals surface area (Å²) in [5, 5.41) is 0. The lowest BCUT2D eigenvalue weighted by Gasteiger charge is -2.34. The van der Waals surface area contributed by atoms with E-state index in [1.807, 2.05) is 64.1 Å². The first-order valence-corrected chi connectivity index (χ1v) is 14.1. The normalized spacial score (nSPS) is 12.8. The highest BCUT2D eigenvalue weighted by Gasteiger charge is 2.44. The van der Waals surface area contributed by atoms with Crippen LogP contribution in [0.1, 0.15) is 26.3 Å². The largest absolute Gasteiger partial charge is 0.488 e. The Bertz CT molecular complexity index is 1330.